The molecule has 1 aromatic rings. The van der Waals surface area contributed by atoms with Crippen molar-refractivity contribution in [2.24, 2.45) is 5.92 Å². The Morgan fingerprint density at radius 2 is 2.19 bits per heavy atom. The fraction of sp³-hybridized carbons (Fsp3) is 0.750. The van der Waals surface area contributed by atoms with E-state index in [4.69, 9.17) is 5.11 Å². The van der Waals surface area contributed by atoms with Gasteiger partial charge < -0.3 is 5.11 Å². The summed E-state index contributed by atoms with van der Waals surface area (Å²) < 4.78 is 0. The van der Waals surface area contributed by atoms with E-state index in [2.05, 4.69) is 22.0 Å². The van der Waals surface area contributed by atoms with Gasteiger partial charge in [-0.3, -0.25) is 10.00 Å². The number of hydrogen-bond donors (Lipinski definition) is 2. The molecule has 0 aromatic carbocycles. The molecule has 0 aliphatic heterocycles. The number of aryl methyl sites for hydroxylation is 2. The number of aliphatic hydroxyl groups excluding tert-OH is 1. The number of aromatic amines is 1. The van der Waals surface area contributed by atoms with Gasteiger partial charge in [-0.05, 0) is 32.6 Å². The maximum Gasteiger partial charge on any atom is 0.0639 e. The number of nitrogens with zero attached hydrogens (tertiary/aromatic N) is 2. The maximum atomic E-state index is 9.07. The highest BCUT2D eigenvalue weighted by molar-refractivity contribution is 5.22. The predicted octanol–water partition coefficient (Wildman–Crippen LogP) is 1.23. The van der Waals surface area contributed by atoms with Gasteiger partial charge >= 0.3 is 0 Å². The SMILES string of the molecule is Cc1n[nH]c(C)c1CN(CCO)CC1CC1. The molecule has 4 heteroatoms. The molecule has 0 unspecified atom stereocenters. The average Bonchev–Trinajstić information content (AvgIpc) is 3.00. The second-order valence-corrected chi connectivity index (χ2v) is 4.81. The third-order valence-electron chi connectivity index (χ3n) is 3.29. The van der Waals surface area contributed by atoms with Gasteiger partial charge in [0.05, 0.1) is 12.3 Å². The molecule has 0 bridgehead atoms. The van der Waals surface area contributed by atoms with Crippen LogP contribution in [-0.4, -0.2) is 39.9 Å². The number of nitrogens with one attached hydrogen (secondary N) is 1. The Hall–Kier alpha value is -0.870. The van der Waals surface area contributed by atoms with Crippen LogP contribution in [0.1, 0.15) is 29.8 Å². The van der Waals surface area contributed by atoms with Crippen LogP contribution in [-0.2, 0) is 6.54 Å². The maximum absolute atomic E-state index is 9.07. The summed E-state index contributed by atoms with van der Waals surface area (Å²) in [5.74, 6) is 0.860. The smallest absolute Gasteiger partial charge is 0.0639 e. The lowest BCUT2D eigenvalue weighted by atomic mass is 10.2. The van der Waals surface area contributed by atoms with Gasteiger partial charge in [-0.25, -0.2) is 0 Å². The highest BCUT2D eigenvalue weighted by Crippen LogP contribution is 2.30. The molecule has 1 aromatic heterocycles. The zero-order valence-electron chi connectivity index (χ0n) is 10.2. The van der Waals surface area contributed by atoms with E-state index in [0.717, 1.165) is 36.9 Å². The molecular formula is C12H21N3O. The zero-order valence-corrected chi connectivity index (χ0v) is 10.2. The molecule has 2 rings (SSSR count). The first kappa shape index (κ1) is 11.6. The number of aromatic nitrogens is 2. The number of H-pyrrole nitrogens is 1. The van der Waals surface area contributed by atoms with Crippen LogP contribution in [0, 0.1) is 19.8 Å². The Morgan fingerprint density at radius 1 is 1.44 bits per heavy atom. The van der Waals surface area contributed by atoms with E-state index in [1.807, 2.05) is 6.92 Å². The summed E-state index contributed by atoms with van der Waals surface area (Å²) in [6.45, 7) is 7.12. The van der Waals surface area contributed by atoms with Crippen LogP contribution in [0.3, 0.4) is 0 Å². The number of aliphatic hydroxyl groups is 1. The van der Waals surface area contributed by atoms with Gasteiger partial charge in [0.2, 0.25) is 0 Å². The molecule has 90 valence electrons. The second-order valence-electron chi connectivity index (χ2n) is 4.81. The molecule has 0 amide bonds. The van der Waals surface area contributed by atoms with Crippen molar-refractivity contribution in [2.45, 2.75) is 33.2 Å². The highest BCUT2D eigenvalue weighted by atomic mass is 16.3. The van der Waals surface area contributed by atoms with E-state index in [9.17, 15) is 0 Å². The number of hydrogen-bond acceptors (Lipinski definition) is 3. The monoisotopic (exact) mass is 223 g/mol. The van der Waals surface area contributed by atoms with Crippen molar-refractivity contribution in [2.75, 3.05) is 19.7 Å². The lowest BCUT2D eigenvalue weighted by molar-refractivity contribution is 0.184. The van der Waals surface area contributed by atoms with Gasteiger partial charge in [0.15, 0.2) is 0 Å². The van der Waals surface area contributed by atoms with E-state index >= 15 is 0 Å². The summed E-state index contributed by atoms with van der Waals surface area (Å²) in [6.07, 6.45) is 2.70. The van der Waals surface area contributed by atoms with E-state index in [-0.39, 0.29) is 6.61 Å². The third kappa shape index (κ3) is 2.83. The minimum Gasteiger partial charge on any atom is -0.395 e. The van der Waals surface area contributed by atoms with Crippen LogP contribution in [0.15, 0.2) is 0 Å². The fourth-order valence-electron chi connectivity index (χ4n) is 2.07. The van der Waals surface area contributed by atoms with Crippen LogP contribution in [0.2, 0.25) is 0 Å². The summed E-state index contributed by atoms with van der Waals surface area (Å²) in [5.41, 5.74) is 3.52. The topological polar surface area (TPSA) is 52.2 Å². The molecule has 1 fully saturated rings. The molecule has 0 spiro atoms. The van der Waals surface area contributed by atoms with E-state index in [1.165, 1.54) is 18.4 Å². The first-order valence-corrected chi connectivity index (χ1v) is 6.04. The van der Waals surface area contributed by atoms with Crippen molar-refractivity contribution in [1.82, 2.24) is 15.1 Å². The largest absolute Gasteiger partial charge is 0.395 e. The Labute approximate surface area is 96.7 Å². The molecule has 1 aliphatic carbocycles. The Bertz CT molecular complexity index is 325. The number of rotatable bonds is 6. The Morgan fingerprint density at radius 3 is 2.69 bits per heavy atom. The molecule has 0 radical (unpaired) electrons. The quantitative estimate of drug-likeness (QED) is 0.762. The predicted molar refractivity (Wildman–Crippen MR) is 63.1 cm³/mol. The van der Waals surface area contributed by atoms with Crippen LogP contribution in [0.25, 0.3) is 0 Å². The molecule has 1 aliphatic rings. The average molecular weight is 223 g/mol. The van der Waals surface area contributed by atoms with Gasteiger partial charge in [0, 0.05) is 30.9 Å². The zero-order chi connectivity index (χ0) is 11.5. The molecular weight excluding hydrogens is 202 g/mol. The Balaban J connectivity index is 1.97. The summed E-state index contributed by atoms with van der Waals surface area (Å²) in [6, 6.07) is 0. The lowest BCUT2D eigenvalue weighted by Crippen LogP contribution is -2.29. The molecule has 16 heavy (non-hydrogen) atoms. The third-order valence-corrected chi connectivity index (χ3v) is 3.29. The summed E-state index contributed by atoms with van der Waals surface area (Å²) in [7, 11) is 0. The molecule has 2 N–H and O–H groups in total. The molecule has 0 atom stereocenters. The van der Waals surface area contributed by atoms with Gasteiger partial charge in [-0.1, -0.05) is 0 Å². The molecule has 1 saturated carbocycles. The molecule has 4 nitrogen and oxygen atoms in total. The Kier molecular flexibility index (Phi) is 3.61. The first-order chi connectivity index (χ1) is 7.70. The van der Waals surface area contributed by atoms with E-state index < -0.39 is 0 Å². The van der Waals surface area contributed by atoms with E-state index in [1.54, 1.807) is 0 Å². The first-order valence-electron chi connectivity index (χ1n) is 6.04. The van der Waals surface area contributed by atoms with Gasteiger partial charge in [-0.15, -0.1) is 0 Å². The molecule has 0 saturated heterocycles. The standard InChI is InChI=1S/C12H21N3O/c1-9-12(10(2)14-13-9)8-15(5-6-16)7-11-3-4-11/h11,16H,3-8H2,1-2H3,(H,13,14). The van der Waals surface area contributed by atoms with Crippen LogP contribution in [0.5, 0.6) is 0 Å². The summed E-state index contributed by atoms with van der Waals surface area (Å²) in [4.78, 5) is 2.34. The van der Waals surface area contributed by atoms with Gasteiger partial charge in [0.25, 0.3) is 0 Å². The van der Waals surface area contributed by atoms with Gasteiger partial charge in [0.1, 0.15) is 0 Å². The van der Waals surface area contributed by atoms with Crippen LogP contribution in [0.4, 0.5) is 0 Å². The molecule has 1 heterocycles. The van der Waals surface area contributed by atoms with Gasteiger partial charge in [-0.2, -0.15) is 5.10 Å². The lowest BCUT2D eigenvalue weighted by Gasteiger charge is -2.21. The van der Waals surface area contributed by atoms with E-state index in [0.29, 0.717) is 0 Å². The summed E-state index contributed by atoms with van der Waals surface area (Å²) >= 11 is 0. The van der Waals surface area contributed by atoms with Crippen molar-refractivity contribution in [3.63, 3.8) is 0 Å². The van der Waals surface area contributed by atoms with Crippen molar-refractivity contribution >= 4 is 0 Å². The second kappa shape index (κ2) is 4.97. The van der Waals surface area contributed by atoms with Crippen molar-refractivity contribution < 1.29 is 5.11 Å². The van der Waals surface area contributed by atoms with Crippen LogP contribution >= 0.6 is 0 Å². The van der Waals surface area contributed by atoms with Crippen LogP contribution < -0.4 is 0 Å². The fourth-order valence-corrected chi connectivity index (χ4v) is 2.07. The van der Waals surface area contributed by atoms with Crippen molar-refractivity contribution in [3.8, 4) is 0 Å². The van der Waals surface area contributed by atoms with Crippen molar-refractivity contribution in [1.29, 1.82) is 0 Å². The minimum atomic E-state index is 0.239. The minimum absolute atomic E-state index is 0.239. The normalized spacial score (nSPS) is 16.0. The summed E-state index contributed by atoms with van der Waals surface area (Å²) in [5, 5.41) is 16.3. The van der Waals surface area contributed by atoms with Crippen molar-refractivity contribution in [3.05, 3.63) is 17.0 Å². The highest BCUT2D eigenvalue weighted by Gasteiger charge is 2.24.